The molecule has 1 aliphatic rings. The normalized spacial score (nSPS) is 23.5. The van der Waals surface area contributed by atoms with Crippen LogP contribution in [0.3, 0.4) is 0 Å². The predicted octanol–water partition coefficient (Wildman–Crippen LogP) is 4.89. The van der Waals surface area contributed by atoms with Crippen LogP contribution < -0.4 is 0 Å². The summed E-state index contributed by atoms with van der Waals surface area (Å²) >= 11 is 0. The molecule has 2 nitrogen and oxygen atoms in total. The third-order valence-corrected chi connectivity index (χ3v) is 4.49. The average Bonchev–Trinajstić information content (AvgIpc) is 2.47. The predicted molar refractivity (Wildman–Crippen MR) is 80.3 cm³/mol. The highest BCUT2D eigenvalue weighted by atomic mass is 14.9. The molecule has 1 aromatic heterocycles. The van der Waals surface area contributed by atoms with Gasteiger partial charge in [-0.1, -0.05) is 33.1 Å². The Kier molecular flexibility index (Phi) is 5.81. The average molecular weight is 260 g/mol. The molecule has 0 atom stereocenters. The molecule has 106 valence electrons. The van der Waals surface area contributed by atoms with Crippen molar-refractivity contribution in [2.45, 2.75) is 77.6 Å². The van der Waals surface area contributed by atoms with Crippen LogP contribution in [0.15, 0.2) is 12.4 Å². The highest BCUT2D eigenvalue weighted by Crippen LogP contribution is 2.36. The summed E-state index contributed by atoms with van der Waals surface area (Å²) in [4.78, 5) is 9.07. The van der Waals surface area contributed by atoms with Crippen LogP contribution in [0.4, 0.5) is 0 Å². The van der Waals surface area contributed by atoms with E-state index < -0.39 is 0 Å². The molecule has 0 saturated heterocycles. The SMILES string of the molecule is CCCCc1ncc(C2CCC(CCC)CC2)cn1. The zero-order valence-electron chi connectivity index (χ0n) is 12.6. The van der Waals surface area contributed by atoms with E-state index in [1.165, 1.54) is 56.9 Å². The Morgan fingerprint density at radius 2 is 1.68 bits per heavy atom. The van der Waals surface area contributed by atoms with Gasteiger partial charge in [0.2, 0.25) is 0 Å². The molecule has 2 heteroatoms. The molecule has 1 heterocycles. The van der Waals surface area contributed by atoms with Gasteiger partial charge in [0.15, 0.2) is 0 Å². The van der Waals surface area contributed by atoms with Crippen LogP contribution in [0.1, 0.15) is 82.5 Å². The number of aryl methyl sites for hydroxylation is 1. The maximum atomic E-state index is 4.54. The van der Waals surface area contributed by atoms with Crippen molar-refractivity contribution in [2.24, 2.45) is 5.92 Å². The molecule has 0 spiro atoms. The maximum Gasteiger partial charge on any atom is 0.128 e. The van der Waals surface area contributed by atoms with Crippen LogP contribution in [0.2, 0.25) is 0 Å². The molecule has 0 aliphatic heterocycles. The number of hydrogen-bond acceptors (Lipinski definition) is 2. The first-order chi connectivity index (χ1) is 9.33. The van der Waals surface area contributed by atoms with Gasteiger partial charge in [0.05, 0.1) is 0 Å². The minimum atomic E-state index is 0.716. The van der Waals surface area contributed by atoms with Gasteiger partial charge >= 0.3 is 0 Å². The van der Waals surface area contributed by atoms with Crippen molar-refractivity contribution in [2.75, 3.05) is 0 Å². The Morgan fingerprint density at radius 3 is 2.26 bits per heavy atom. The van der Waals surface area contributed by atoms with E-state index in [0.29, 0.717) is 5.92 Å². The minimum Gasteiger partial charge on any atom is -0.241 e. The smallest absolute Gasteiger partial charge is 0.128 e. The minimum absolute atomic E-state index is 0.716. The fraction of sp³-hybridized carbons (Fsp3) is 0.765. The van der Waals surface area contributed by atoms with Gasteiger partial charge < -0.3 is 0 Å². The summed E-state index contributed by atoms with van der Waals surface area (Å²) < 4.78 is 0. The van der Waals surface area contributed by atoms with Crippen molar-refractivity contribution in [1.29, 1.82) is 0 Å². The molecular formula is C17H28N2. The van der Waals surface area contributed by atoms with Gasteiger partial charge in [-0.25, -0.2) is 9.97 Å². The van der Waals surface area contributed by atoms with Gasteiger partial charge in [0.25, 0.3) is 0 Å². The molecule has 0 N–H and O–H groups in total. The number of nitrogens with zero attached hydrogens (tertiary/aromatic N) is 2. The Hall–Kier alpha value is -0.920. The van der Waals surface area contributed by atoms with E-state index in [2.05, 4.69) is 36.2 Å². The molecule has 1 saturated carbocycles. The molecule has 0 bridgehead atoms. The lowest BCUT2D eigenvalue weighted by Crippen LogP contribution is -2.13. The van der Waals surface area contributed by atoms with E-state index in [4.69, 9.17) is 0 Å². The third kappa shape index (κ3) is 4.29. The molecule has 1 fully saturated rings. The summed E-state index contributed by atoms with van der Waals surface area (Å²) in [7, 11) is 0. The van der Waals surface area contributed by atoms with E-state index in [9.17, 15) is 0 Å². The molecule has 1 aliphatic carbocycles. The van der Waals surface area contributed by atoms with Crippen molar-refractivity contribution < 1.29 is 0 Å². The summed E-state index contributed by atoms with van der Waals surface area (Å²) in [5.74, 6) is 2.71. The van der Waals surface area contributed by atoms with Crippen LogP contribution in [0, 0.1) is 5.92 Å². The zero-order valence-corrected chi connectivity index (χ0v) is 12.6. The quantitative estimate of drug-likeness (QED) is 0.727. The molecule has 0 unspecified atom stereocenters. The van der Waals surface area contributed by atoms with E-state index in [0.717, 1.165) is 18.2 Å². The Morgan fingerprint density at radius 1 is 1.00 bits per heavy atom. The van der Waals surface area contributed by atoms with Gasteiger partial charge in [0.1, 0.15) is 5.82 Å². The van der Waals surface area contributed by atoms with Gasteiger partial charge in [0, 0.05) is 18.8 Å². The highest BCUT2D eigenvalue weighted by Gasteiger charge is 2.22. The van der Waals surface area contributed by atoms with Crippen LogP contribution in [0.5, 0.6) is 0 Å². The second-order valence-electron chi connectivity index (χ2n) is 6.04. The van der Waals surface area contributed by atoms with E-state index in [1.54, 1.807) is 0 Å². The molecule has 2 rings (SSSR count). The van der Waals surface area contributed by atoms with Crippen molar-refractivity contribution >= 4 is 0 Å². The van der Waals surface area contributed by atoms with Crippen LogP contribution in [0.25, 0.3) is 0 Å². The largest absolute Gasteiger partial charge is 0.241 e. The van der Waals surface area contributed by atoms with Gasteiger partial charge in [-0.3, -0.25) is 0 Å². The Labute approximate surface area is 118 Å². The fourth-order valence-corrected chi connectivity index (χ4v) is 3.23. The lowest BCUT2D eigenvalue weighted by molar-refractivity contribution is 0.307. The Bertz CT molecular complexity index is 350. The van der Waals surface area contributed by atoms with E-state index in [1.807, 2.05) is 0 Å². The number of unbranched alkanes of at least 4 members (excludes halogenated alkanes) is 1. The summed E-state index contributed by atoms with van der Waals surface area (Å²) in [6.45, 7) is 4.51. The second kappa shape index (κ2) is 7.62. The molecule has 0 radical (unpaired) electrons. The first-order valence-corrected chi connectivity index (χ1v) is 8.14. The summed E-state index contributed by atoms with van der Waals surface area (Å²) in [5.41, 5.74) is 1.37. The zero-order chi connectivity index (χ0) is 13.5. The summed E-state index contributed by atoms with van der Waals surface area (Å²) in [6, 6.07) is 0. The third-order valence-electron chi connectivity index (χ3n) is 4.49. The fourth-order valence-electron chi connectivity index (χ4n) is 3.23. The van der Waals surface area contributed by atoms with Gasteiger partial charge in [-0.05, 0) is 49.5 Å². The number of rotatable bonds is 6. The lowest BCUT2D eigenvalue weighted by Gasteiger charge is -2.28. The molecule has 19 heavy (non-hydrogen) atoms. The number of hydrogen-bond donors (Lipinski definition) is 0. The van der Waals surface area contributed by atoms with Gasteiger partial charge in [-0.15, -0.1) is 0 Å². The second-order valence-corrected chi connectivity index (χ2v) is 6.04. The highest BCUT2D eigenvalue weighted by molar-refractivity contribution is 5.12. The summed E-state index contributed by atoms with van der Waals surface area (Å²) in [5, 5.41) is 0. The lowest BCUT2D eigenvalue weighted by atomic mass is 9.78. The summed E-state index contributed by atoms with van der Waals surface area (Å²) in [6.07, 6.45) is 15.8. The van der Waals surface area contributed by atoms with Crippen molar-refractivity contribution in [1.82, 2.24) is 9.97 Å². The first-order valence-electron chi connectivity index (χ1n) is 8.14. The standard InChI is InChI=1S/C17H28N2/c1-3-5-7-17-18-12-16(13-19-17)15-10-8-14(6-4-2)9-11-15/h12-15H,3-11H2,1-2H3. The van der Waals surface area contributed by atoms with Crippen LogP contribution in [-0.4, -0.2) is 9.97 Å². The van der Waals surface area contributed by atoms with Crippen molar-refractivity contribution in [3.8, 4) is 0 Å². The topological polar surface area (TPSA) is 25.8 Å². The van der Waals surface area contributed by atoms with Crippen LogP contribution >= 0.6 is 0 Å². The van der Waals surface area contributed by atoms with Crippen molar-refractivity contribution in [3.63, 3.8) is 0 Å². The number of aromatic nitrogens is 2. The first kappa shape index (κ1) is 14.5. The molecule has 0 aromatic carbocycles. The maximum absolute atomic E-state index is 4.54. The monoisotopic (exact) mass is 260 g/mol. The molecule has 0 amide bonds. The van der Waals surface area contributed by atoms with E-state index >= 15 is 0 Å². The van der Waals surface area contributed by atoms with Crippen molar-refractivity contribution in [3.05, 3.63) is 23.8 Å². The van der Waals surface area contributed by atoms with Gasteiger partial charge in [-0.2, -0.15) is 0 Å². The Balaban J connectivity index is 1.85. The molecular weight excluding hydrogens is 232 g/mol. The van der Waals surface area contributed by atoms with Crippen LogP contribution in [-0.2, 0) is 6.42 Å². The molecule has 1 aromatic rings. The van der Waals surface area contributed by atoms with E-state index in [-0.39, 0.29) is 0 Å².